The first-order chi connectivity index (χ1) is 21.3. The molecule has 0 spiro atoms. The molecule has 1 N–H and O–H groups in total. The molecule has 5 rings (SSSR count). The van der Waals surface area contributed by atoms with Crippen LogP contribution in [0.5, 0.6) is 0 Å². The summed E-state index contributed by atoms with van der Waals surface area (Å²) in [7, 11) is 0. The standard InChI is InChI=1S/C35H44F6N2O2/c1-34(37,38)28-12-11-25(31(19-28)35(39,40)41)8-3-5-23-13-15-42(16-14-23)20-27-21-43(32(33(44)45)17-24-6-2-7-24)22-30(27)26-9-4-10-29(36)18-26/h4,9-12,18-19,23-24,27,30,32H,2-3,5-8,13-17,20-22H2,1H3,(H,44,45)/t27-,30+,32+/m0/s1. The Hall–Kier alpha value is -2.59. The molecule has 3 fully saturated rings. The maximum Gasteiger partial charge on any atom is 0.416 e. The van der Waals surface area contributed by atoms with Crippen LogP contribution in [-0.4, -0.2) is 59.6 Å². The number of aliphatic carboxylic acids is 1. The van der Waals surface area contributed by atoms with Crippen LogP contribution in [0.3, 0.4) is 0 Å². The first-order valence-electron chi connectivity index (χ1n) is 16.3. The molecule has 0 radical (unpaired) electrons. The molecule has 3 aliphatic rings. The Balaban J connectivity index is 1.16. The third-order valence-electron chi connectivity index (χ3n) is 10.4. The van der Waals surface area contributed by atoms with E-state index in [-0.39, 0.29) is 29.6 Å². The molecule has 0 bridgehead atoms. The van der Waals surface area contributed by atoms with E-state index in [0.29, 0.717) is 50.8 Å². The van der Waals surface area contributed by atoms with Crippen LogP contribution in [0.15, 0.2) is 42.5 Å². The predicted octanol–water partition coefficient (Wildman–Crippen LogP) is 8.35. The average molecular weight is 639 g/mol. The fourth-order valence-electron chi connectivity index (χ4n) is 7.61. The van der Waals surface area contributed by atoms with Crippen molar-refractivity contribution < 1.29 is 36.2 Å². The largest absolute Gasteiger partial charge is 0.480 e. The molecule has 2 aliphatic heterocycles. The number of hydrogen-bond donors (Lipinski definition) is 1. The fourth-order valence-corrected chi connectivity index (χ4v) is 7.61. The number of aryl methyl sites for hydroxylation is 1. The lowest BCUT2D eigenvalue weighted by Gasteiger charge is -2.35. The van der Waals surface area contributed by atoms with Crippen molar-refractivity contribution in [3.05, 3.63) is 70.5 Å². The minimum Gasteiger partial charge on any atom is -0.480 e. The fraction of sp³-hybridized carbons (Fsp3) is 0.629. The number of alkyl halides is 5. The van der Waals surface area contributed by atoms with Crippen molar-refractivity contribution in [3.8, 4) is 0 Å². The summed E-state index contributed by atoms with van der Waals surface area (Å²) in [6.45, 7) is 4.30. The maximum atomic E-state index is 14.2. The maximum absolute atomic E-state index is 14.2. The minimum absolute atomic E-state index is 0.0311. The van der Waals surface area contributed by atoms with Crippen molar-refractivity contribution in [2.75, 3.05) is 32.7 Å². The van der Waals surface area contributed by atoms with Crippen molar-refractivity contribution in [3.63, 3.8) is 0 Å². The zero-order valence-electron chi connectivity index (χ0n) is 25.8. The Bertz CT molecular complexity index is 1300. The van der Waals surface area contributed by atoms with Crippen molar-refractivity contribution in [1.82, 2.24) is 9.80 Å². The van der Waals surface area contributed by atoms with Gasteiger partial charge in [-0.2, -0.15) is 13.2 Å². The van der Waals surface area contributed by atoms with Gasteiger partial charge in [0.05, 0.1) is 5.56 Å². The lowest BCUT2D eigenvalue weighted by Crippen LogP contribution is -2.43. The van der Waals surface area contributed by atoms with Crippen LogP contribution in [-0.2, 0) is 23.3 Å². The van der Waals surface area contributed by atoms with Gasteiger partial charge in [-0.05, 0) is 92.3 Å². The second kappa shape index (κ2) is 14.0. The van der Waals surface area contributed by atoms with E-state index in [1.54, 1.807) is 12.1 Å². The summed E-state index contributed by atoms with van der Waals surface area (Å²) in [5.74, 6) is -3.41. The van der Waals surface area contributed by atoms with Gasteiger partial charge >= 0.3 is 12.1 Å². The summed E-state index contributed by atoms with van der Waals surface area (Å²) in [5, 5.41) is 10.1. The van der Waals surface area contributed by atoms with Crippen LogP contribution < -0.4 is 0 Å². The van der Waals surface area contributed by atoms with Gasteiger partial charge < -0.3 is 10.0 Å². The number of likely N-dealkylation sites (tertiary alicyclic amines) is 2. The highest BCUT2D eigenvalue weighted by atomic mass is 19.4. The van der Waals surface area contributed by atoms with Gasteiger partial charge in [0.25, 0.3) is 5.92 Å². The molecule has 2 aromatic rings. The number of halogens is 6. The van der Waals surface area contributed by atoms with Crippen LogP contribution in [0.1, 0.15) is 86.5 Å². The summed E-state index contributed by atoms with van der Waals surface area (Å²) in [6, 6.07) is 8.98. The predicted molar refractivity (Wildman–Crippen MR) is 161 cm³/mol. The molecule has 0 aromatic heterocycles. The Morgan fingerprint density at radius 1 is 0.978 bits per heavy atom. The van der Waals surface area contributed by atoms with Gasteiger partial charge in [-0.15, -0.1) is 0 Å². The lowest BCUT2D eigenvalue weighted by atomic mass is 9.80. The number of hydrogen-bond acceptors (Lipinski definition) is 3. The Kier molecular flexibility index (Phi) is 10.5. The van der Waals surface area contributed by atoms with E-state index >= 15 is 0 Å². The highest BCUT2D eigenvalue weighted by Gasteiger charge is 2.42. The molecule has 45 heavy (non-hydrogen) atoms. The zero-order valence-corrected chi connectivity index (χ0v) is 25.8. The van der Waals surface area contributed by atoms with Crippen molar-refractivity contribution in [2.45, 2.75) is 88.8 Å². The zero-order chi connectivity index (χ0) is 32.4. The Morgan fingerprint density at radius 3 is 2.31 bits per heavy atom. The molecule has 0 unspecified atom stereocenters. The molecule has 2 heterocycles. The molecule has 4 nitrogen and oxygen atoms in total. The molecule has 2 saturated heterocycles. The van der Waals surface area contributed by atoms with Gasteiger partial charge in [-0.3, -0.25) is 9.69 Å². The van der Waals surface area contributed by atoms with Crippen molar-refractivity contribution >= 4 is 5.97 Å². The van der Waals surface area contributed by atoms with E-state index in [1.807, 2.05) is 6.07 Å². The SMILES string of the molecule is CC(F)(F)c1ccc(CCCC2CCN(C[C@H]3CN([C@H](CC4CCC4)C(=O)O)C[C@@H]3c3cccc(F)c3)CC2)c(C(F)(F)F)c1. The van der Waals surface area contributed by atoms with Gasteiger partial charge in [0.1, 0.15) is 11.9 Å². The van der Waals surface area contributed by atoms with Crippen LogP contribution in [0.4, 0.5) is 26.3 Å². The second-order valence-electron chi connectivity index (χ2n) is 13.7. The van der Waals surface area contributed by atoms with Crippen LogP contribution in [0.2, 0.25) is 0 Å². The monoisotopic (exact) mass is 638 g/mol. The van der Waals surface area contributed by atoms with Crippen molar-refractivity contribution in [1.29, 1.82) is 0 Å². The lowest BCUT2D eigenvalue weighted by molar-refractivity contribution is -0.144. The average Bonchev–Trinajstić information content (AvgIpc) is 3.35. The van der Waals surface area contributed by atoms with Crippen LogP contribution in [0, 0.1) is 23.6 Å². The molecule has 1 aliphatic carbocycles. The van der Waals surface area contributed by atoms with Crippen molar-refractivity contribution in [2.24, 2.45) is 17.8 Å². The third-order valence-corrected chi connectivity index (χ3v) is 10.4. The summed E-state index contributed by atoms with van der Waals surface area (Å²) < 4.78 is 82.5. The molecule has 10 heteroatoms. The first kappa shape index (κ1) is 33.8. The van der Waals surface area contributed by atoms with E-state index < -0.39 is 35.2 Å². The van der Waals surface area contributed by atoms with E-state index in [9.17, 15) is 36.2 Å². The molecule has 1 saturated carbocycles. The second-order valence-corrected chi connectivity index (χ2v) is 13.7. The quantitative estimate of drug-likeness (QED) is 0.238. The number of carboxylic acids is 1. The smallest absolute Gasteiger partial charge is 0.416 e. The number of carboxylic acid groups (broad SMARTS) is 1. The molecular formula is C35H44F6N2O2. The number of piperidine rings is 1. The van der Waals surface area contributed by atoms with Gasteiger partial charge in [0, 0.05) is 38.0 Å². The highest BCUT2D eigenvalue weighted by molar-refractivity contribution is 5.73. The molecular weight excluding hydrogens is 594 g/mol. The first-order valence-corrected chi connectivity index (χ1v) is 16.3. The molecule has 3 atom stereocenters. The van der Waals surface area contributed by atoms with Crippen LogP contribution in [0.25, 0.3) is 0 Å². The van der Waals surface area contributed by atoms with Gasteiger partial charge in [-0.1, -0.05) is 49.9 Å². The summed E-state index contributed by atoms with van der Waals surface area (Å²) >= 11 is 0. The van der Waals surface area contributed by atoms with Gasteiger partial charge in [0.15, 0.2) is 0 Å². The number of nitrogens with zero attached hydrogens (tertiary/aromatic N) is 2. The Labute approximate surface area is 261 Å². The number of carbonyl (C=O) groups is 1. The minimum atomic E-state index is -4.69. The molecule has 248 valence electrons. The third kappa shape index (κ3) is 8.61. The number of rotatable bonds is 12. The summed E-state index contributed by atoms with van der Waals surface area (Å²) in [6.07, 6.45) is 2.60. The Morgan fingerprint density at radius 2 is 1.71 bits per heavy atom. The summed E-state index contributed by atoms with van der Waals surface area (Å²) in [4.78, 5) is 16.8. The number of benzene rings is 2. The topological polar surface area (TPSA) is 43.8 Å². The molecule has 0 amide bonds. The van der Waals surface area contributed by atoms with Gasteiger partial charge in [-0.25, -0.2) is 13.2 Å². The highest BCUT2D eigenvalue weighted by Crippen LogP contribution is 2.40. The van der Waals surface area contributed by atoms with Gasteiger partial charge in [0.2, 0.25) is 0 Å². The van der Waals surface area contributed by atoms with E-state index in [4.69, 9.17) is 0 Å². The summed E-state index contributed by atoms with van der Waals surface area (Å²) in [5.41, 5.74) is -0.654. The van der Waals surface area contributed by atoms with E-state index in [1.165, 1.54) is 12.1 Å². The van der Waals surface area contributed by atoms with E-state index in [2.05, 4.69) is 9.80 Å². The van der Waals surface area contributed by atoms with Crippen LogP contribution >= 0.6 is 0 Å². The normalized spacial score (nSPS) is 23.3. The molecule has 2 aromatic carbocycles. The van der Waals surface area contributed by atoms with E-state index in [0.717, 1.165) is 69.8 Å².